The molecule has 0 radical (unpaired) electrons. The van der Waals surface area contributed by atoms with Gasteiger partial charge in [-0.2, -0.15) is 0 Å². The summed E-state index contributed by atoms with van der Waals surface area (Å²) in [4.78, 5) is 91.3. The number of rotatable bonds is 16. The zero-order chi connectivity index (χ0) is 33.8. The molecule has 0 aromatic carbocycles. The number of nitrogens with one attached hydrogen (secondary N) is 4. The first-order valence-electron chi connectivity index (χ1n) is 15.2. The van der Waals surface area contributed by atoms with Gasteiger partial charge in [0.25, 0.3) is 0 Å². The molecule has 2 saturated heterocycles. The van der Waals surface area contributed by atoms with Gasteiger partial charge in [0.05, 0.1) is 13.2 Å². The smallest absolute Gasteiger partial charge is 0.326 e. The molecular weight excluding hydrogens is 594 g/mol. The standard InChI is InChI=1S/C28H47N7O10/c1-15(2)12-17(32-25(41)18(13-36)31-22(38)8-9-29)24(40)30-16(3)23(39)33-19(14-37)26(42)34-10-4-6-20(34)27(43)35-11-5-7-21(35)28(44)45/h15-21,36-37H,4-14,29H2,1-3H3,(H,30,40)(H,31,38)(H,32,41)(H,33,39)(H,44,45)/t16-,17-,18-,19-,20-,21-/m0/s1. The van der Waals surface area contributed by atoms with Gasteiger partial charge in [0, 0.05) is 26.1 Å². The van der Waals surface area contributed by atoms with E-state index in [0.717, 1.165) is 0 Å². The van der Waals surface area contributed by atoms with Gasteiger partial charge in [-0.05, 0) is 44.9 Å². The summed E-state index contributed by atoms with van der Waals surface area (Å²) in [5, 5.41) is 38.7. The van der Waals surface area contributed by atoms with Crippen molar-refractivity contribution in [1.29, 1.82) is 0 Å². The van der Waals surface area contributed by atoms with Crippen LogP contribution in [-0.4, -0.2) is 136 Å². The quantitative estimate of drug-likeness (QED) is 0.0816. The fourth-order valence-corrected chi connectivity index (χ4v) is 5.39. The molecule has 0 bridgehead atoms. The van der Waals surface area contributed by atoms with Gasteiger partial charge in [-0.3, -0.25) is 28.8 Å². The molecule has 0 aromatic heterocycles. The van der Waals surface area contributed by atoms with E-state index < -0.39 is 90.9 Å². The largest absolute Gasteiger partial charge is 0.480 e. The summed E-state index contributed by atoms with van der Waals surface area (Å²) in [5.74, 6) is -5.34. The highest BCUT2D eigenvalue weighted by Gasteiger charge is 2.43. The zero-order valence-corrected chi connectivity index (χ0v) is 26.0. The third-order valence-corrected chi connectivity index (χ3v) is 7.74. The van der Waals surface area contributed by atoms with E-state index in [0.29, 0.717) is 25.7 Å². The summed E-state index contributed by atoms with van der Waals surface area (Å²) >= 11 is 0. The van der Waals surface area contributed by atoms with E-state index in [1.54, 1.807) is 13.8 Å². The van der Waals surface area contributed by atoms with Crippen LogP contribution < -0.4 is 27.0 Å². The lowest BCUT2D eigenvalue weighted by atomic mass is 10.0. The lowest BCUT2D eigenvalue weighted by Gasteiger charge is -2.32. The van der Waals surface area contributed by atoms with Gasteiger partial charge in [-0.1, -0.05) is 13.8 Å². The van der Waals surface area contributed by atoms with Gasteiger partial charge in [-0.25, -0.2) is 4.79 Å². The van der Waals surface area contributed by atoms with E-state index in [-0.39, 0.29) is 38.4 Å². The minimum absolute atomic E-state index is 0.0369. The summed E-state index contributed by atoms with van der Waals surface area (Å²) in [6.45, 7) is 3.89. The van der Waals surface area contributed by atoms with Gasteiger partial charge in [0.15, 0.2) is 0 Å². The zero-order valence-electron chi connectivity index (χ0n) is 26.0. The van der Waals surface area contributed by atoms with E-state index in [9.17, 15) is 48.9 Å². The number of amides is 6. The maximum Gasteiger partial charge on any atom is 0.326 e. The number of aliphatic hydroxyl groups is 2. The number of carboxylic acid groups (broad SMARTS) is 1. The van der Waals surface area contributed by atoms with Crippen LogP contribution in [0, 0.1) is 5.92 Å². The average molecular weight is 642 g/mol. The summed E-state index contributed by atoms with van der Waals surface area (Å²) in [6.07, 6.45) is 1.71. The van der Waals surface area contributed by atoms with Crippen LogP contribution in [0.25, 0.3) is 0 Å². The highest BCUT2D eigenvalue weighted by molar-refractivity contribution is 5.97. The molecule has 2 aliphatic heterocycles. The van der Waals surface area contributed by atoms with Crippen molar-refractivity contribution in [2.24, 2.45) is 11.7 Å². The highest BCUT2D eigenvalue weighted by Crippen LogP contribution is 2.25. The van der Waals surface area contributed by atoms with Gasteiger partial charge >= 0.3 is 5.97 Å². The number of aliphatic carboxylic acids is 1. The first-order valence-corrected chi connectivity index (χ1v) is 15.2. The van der Waals surface area contributed by atoms with E-state index in [4.69, 9.17) is 5.73 Å². The van der Waals surface area contributed by atoms with Crippen molar-refractivity contribution >= 4 is 41.4 Å². The van der Waals surface area contributed by atoms with Crippen molar-refractivity contribution < 1.29 is 48.9 Å². The lowest BCUT2D eigenvalue weighted by molar-refractivity contribution is -0.152. The molecule has 0 aromatic rings. The summed E-state index contributed by atoms with van der Waals surface area (Å²) < 4.78 is 0. The van der Waals surface area contributed by atoms with Crippen molar-refractivity contribution in [3.8, 4) is 0 Å². The monoisotopic (exact) mass is 641 g/mol. The molecule has 0 saturated carbocycles. The molecule has 2 rings (SSSR count). The van der Waals surface area contributed by atoms with Crippen LogP contribution in [0.3, 0.4) is 0 Å². The molecule has 0 unspecified atom stereocenters. The molecule has 2 fully saturated rings. The van der Waals surface area contributed by atoms with Crippen LogP contribution in [-0.2, 0) is 33.6 Å². The van der Waals surface area contributed by atoms with Crippen LogP contribution in [0.1, 0.15) is 59.3 Å². The predicted octanol–water partition coefficient (Wildman–Crippen LogP) is -3.61. The maximum absolute atomic E-state index is 13.3. The number of carbonyl (C=O) groups excluding carboxylic acids is 6. The van der Waals surface area contributed by atoms with Crippen molar-refractivity contribution in [3.05, 3.63) is 0 Å². The van der Waals surface area contributed by atoms with Crippen molar-refractivity contribution in [2.45, 2.75) is 95.5 Å². The molecule has 2 aliphatic rings. The number of hydrogen-bond donors (Lipinski definition) is 8. The molecular formula is C28H47N7O10. The Bertz CT molecular complexity index is 1100. The Kier molecular flexibility index (Phi) is 14.6. The minimum atomic E-state index is -1.44. The fourth-order valence-electron chi connectivity index (χ4n) is 5.39. The van der Waals surface area contributed by atoms with Crippen molar-refractivity contribution in [3.63, 3.8) is 0 Å². The second-order valence-corrected chi connectivity index (χ2v) is 11.7. The molecule has 254 valence electrons. The third-order valence-electron chi connectivity index (χ3n) is 7.74. The molecule has 9 N–H and O–H groups in total. The minimum Gasteiger partial charge on any atom is -0.480 e. The number of likely N-dealkylation sites (tertiary alicyclic amines) is 2. The number of carbonyl (C=O) groups is 7. The number of nitrogens with zero attached hydrogens (tertiary/aromatic N) is 2. The maximum atomic E-state index is 13.3. The number of carboxylic acids is 1. The van der Waals surface area contributed by atoms with Crippen molar-refractivity contribution in [2.75, 3.05) is 32.8 Å². The Balaban J connectivity index is 2.04. The SMILES string of the molecule is CC(C)C[C@H](NC(=O)[C@H](CO)NC(=O)CCN)C(=O)N[C@@H](C)C(=O)N[C@@H](CO)C(=O)N1CCC[C@H]1C(=O)N1CCC[C@H]1C(=O)O. The number of hydrogen-bond acceptors (Lipinski definition) is 10. The molecule has 17 heteroatoms. The second kappa shape index (κ2) is 17.6. The first-order chi connectivity index (χ1) is 21.2. The fraction of sp³-hybridized carbons (Fsp3) is 0.750. The molecule has 6 atom stereocenters. The predicted molar refractivity (Wildman–Crippen MR) is 158 cm³/mol. The average Bonchev–Trinajstić information content (AvgIpc) is 3.68. The van der Waals surface area contributed by atoms with Crippen LogP contribution in [0.15, 0.2) is 0 Å². The van der Waals surface area contributed by atoms with Crippen LogP contribution in [0.2, 0.25) is 0 Å². The van der Waals surface area contributed by atoms with Crippen LogP contribution in [0.5, 0.6) is 0 Å². The molecule has 0 spiro atoms. The van der Waals surface area contributed by atoms with Crippen LogP contribution in [0.4, 0.5) is 0 Å². The Hall–Kier alpha value is -3.83. The number of aliphatic hydroxyl groups excluding tert-OH is 2. The van der Waals surface area contributed by atoms with Gasteiger partial charge in [-0.15, -0.1) is 0 Å². The van der Waals surface area contributed by atoms with E-state index in [1.807, 2.05) is 0 Å². The normalized spacial score (nSPS) is 20.6. The molecule has 45 heavy (non-hydrogen) atoms. The molecule has 17 nitrogen and oxygen atoms in total. The Labute approximate surface area is 261 Å². The Morgan fingerprint density at radius 2 is 1.31 bits per heavy atom. The number of nitrogens with two attached hydrogens (primary N) is 1. The second-order valence-electron chi connectivity index (χ2n) is 11.7. The van der Waals surface area contributed by atoms with E-state index in [1.165, 1.54) is 16.7 Å². The Morgan fingerprint density at radius 3 is 1.87 bits per heavy atom. The topological polar surface area (TPSA) is 261 Å². The van der Waals surface area contributed by atoms with Gasteiger partial charge < -0.3 is 52.1 Å². The third kappa shape index (κ3) is 10.4. The first kappa shape index (κ1) is 37.4. The summed E-state index contributed by atoms with van der Waals surface area (Å²) in [7, 11) is 0. The van der Waals surface area contributed by atoms with E-state index >= 15 is 0 Å². The van der Waals surface area contributed by atoms with Crippen LogP contribution >= 0.6 is 0 Å². The summed E-state index contributed by atoms with van der Waals surface area (Å²) in [5.41, 5.74) is 5.33. The Morgan fingerprint density at radius 1 is 0.756 bits per heavy atom. The highest BCUT2D eigenvalue weighted by atomic mass is 16.4. The van der Waals surface area contributed by atoms with Gasteiger partial charge in [0.1, 0.15) is 36.3 Å². The molecule has 2 heterocycles. The van der Waals surface area contributed by atoms with E-state index in [2.05, 4.69) is 21.3 Å². The molecule has 0 aliphatic carbocycles. The summed E-state index contributed by atoms with van der Waals surface area (Å²) in [6, 6.07) is -7.02. The van der Waals surface area contributed by atoms with Gasteiger partial charge in [0.2, 0.25) is 35.4 Å². The van der Waals surface area contributed by atoms with Crippen molar-refractivity contribution in [1.82, 2.24) is 31.1 Å². The lowest BCUT2D eigenvalue weighted by Crippen LogP contribution is -2.59. The molecule has 6 amide bonds.